The molecule has 0 heterocycles. The lowest BCUT2D eigenvalue weighted by atomic mass is 9.84. The zero-order chi connectivity index (χ0) is 10.8. The Morgan fingerprint density at radius 3 is 2.36 bits per heavy atom. The van der Waals surface area contributed by atoms with Gasteiger partial charge in [-0.15, -0.1) is 0 Å². The summed E-state index contributed by atoms with van der Waals surface area (Å²) in [5, 5.41) is 0. The van der Waals surface area contributed by atoms with Crippen LogP contribution >= 0.6 is 0 Å². The number of hydrogen-bond acceptors (Lipinski definition) is 2. The van der Waals surface area contributed by atoms with Crippen LogP contribution in [-0.4, -0.2) is 11.6 Å². The highest BCUT2D eigenvalue weighted by molar-refractivity contribution is 5.73. The summed E-state index contributed by atoms with van der Waals surface area (Å²) in [4.78, 5) is 11.8. The van der Waals surface area contributed by atoms with E-state index in [4.69, 9.17) is 4.74 Å². The maximum Gasteiger partial charge on any atom is 0.310 e. The molecule has 0 saturated carbocycles. The molecule has 1 aliphatic carbocycles. The van der Waals surface area contributed by atoms with Gasteiger partial charge in [-0.2, -0.15) is 0 Å². The Morgan fingerprint density at radius 1 is 1.29 bits per heavy atom. The summed E-state index contributed by atoms with van der Waals surface area (Å²) in [7, 11) is 0. The van der Waals surface area contributed by atoms with Gasteiger partial charge in [0.1, 0.15) is 5.60 Å². The number of allylic oxidation sites excluding steroid dienone is 2. The minimum Gasteiger partial charge on any atom is -0.460 e. The summed E-state index contributed by atoms with van der Waals surface area (Å²) in [6, 6.07) is 0. The standard InChI is InChI=1S/C12H20O2/c1-9-7-5-6-8-10(9)11(13)14-12(2,3)4/h5-6,9-10H,7-8H2,1-4H3. The summed E-state index contributed by atoms with van der Waals surface area (Å²) in [6.45, 7) is 7.84. The second-order valence-electron chi connectivity index (χ2n) is 5.06. The van der Waals surface area contributed by atoms with E-state index in [0.29, 0.717) is 5.92 Å². The summed E-state index contributed by atoms with van der Waals surface area (Å²) < 4.78 is 5.37. The third-order valence-corrected chi connectivity index (χ3v) is 2.46. The van der Waals surface area contributed by atoms with Gasteiger partial charge < -0.3 is 4.74 Å². The van der Waals surface area contributed by atoms with Crippen molar-refractivity contribution in [3.05, 3.63) is 12.2 Å². The van der Waals surface area contributed by atoms with Gasteiger partial charge in [-0.25, -0.2) is 0 Å². The molecule has 2 heteroatoms. The Kier molecular flexibility index (Phi) is 3.35. The summed E-state index contributed by atoms with van der Waals surface area (Å²) in [5.74, 6) is 0.420. The van der Waals surface area contributed by atoms with Crippen LogP contribution in [0.5, 0.6) is 0 Å². The lowest BCUT2D eigenvalue weighted by Gasteiger charge is -2.28. The van der Waals surface area contributed by atoms with Gasteiger partial charge in [0.15, 0.2) is 0 Å². The van der Waals surface area contributed by atoms with Crippen LogP contribution in [-0.2, 0) is 9.53 Å². The highest BCUT2D eigenvalue weighted by Crippen LogP contribution is 2.27. The van der Waals surface area contributed by atoms with Gasteiger partial charge in [-0.05, 0) is 39.5 Å². The zero-order valence-corrected chi connectivity index (χ0v) is 9.54. The van der Waals surface area contributed by atoms with Crippen LogP contribution in [0.15, 0.2) is 12.2 Å². The van der Waals surface area contributed by atoms with Gasteiger partial charge in [-0.1, -0.05) is 19.1 Å². The van der Waals surface area contributed by atoms with Crippen LogP contribution in [0.3, 0.4) is 0 Å². The van der Waals surface area contributed by atoms with Crippen molar-refractivity contribution in [3.63, 3.8) is 0 Å². The van der Waals surface area contributed by atoms with E-state index in [2.05, 4.69) is 19.1 Å². The Hall–Kier alpha value is -0.790. The van der Waals surface area contributed by atoms with Crippen molar-refractivity contribution >= 4 is 5.97 Å². The lowest BCUT2D eigenvalue weighted by molar-refractivity contribution is -0.161. The first-order valence-electron chi connectivity index (χ1n) is 5.28. The maximum atomic E-state index is 11.8. The molecule has 0 N–H and O–H groups in total. The van der Waals surface area contributed by atoms with E-state index in [9.17, 15) is 4.79 Å². The molecule has 0 aliphatic heterocycles. The van der Waals surface area contributed by atoms with E-state index in [1.54, 1.807) is 0 Å². The molecule has 80 valence electrons. The summed E-state index contributed by atoms with van der Waals surface area (Å²) in [6.07, 6.45) is 6.04. The first-order valence-corrected chi connectivity index (χ1v) is 5.28. The van der Waals surface area contributed by atoms with Crippen LogP contribution in [0.25, 0.3) is 0 Å². The van der Waals surface area contributed by atoms with E-state index < -0.39 is 0 Å². The molecule has 0 aromatic rings. The Morgan fingerprint density at radius 2 is 1.86 bits per heavy atom. The topological polar surface area (TPSA) is 26.3 Å². The van der Waals surface area contributed by atoms with Crippen LogP contribution in [0.1, 0.15) is 40.5 Å². The first kappa shape index (κ1) is 11.3. The molecule has 0 bridgehead atoms. The molecule has 1 rings (SSSR count). The highest BCUT2D eigenvalue weighted by atomic mass is 16.6. The monoisotopic (exact) mass is 196 g/mol. The third-order valence-electron chi connectivity index (χ3n) is 2.46. The highest BCUT2D eigenvalue weighted by Gasteiger charge is 2.29. The Bertz CT molecular complexity index is 235. The van der Waals surface area contributed by atoms with Crippen LogP contribution in [0, 0.1) is 11.8 Å². The van der Waals surface area contributed by atoms with Crippen molar-refractivity contribution in [2.45, 2.75) is 46.1 Å². The Balaban J connectivity index is 2.56. The van der Waals surface area contributed by atoms with E-state index in [1.807, 2.05) is 20.8 Å². The van der Waals surface area contributed by atoms with E-state index in [0.717, 1.165) is 12.8 Å². The van der Waals surface area contributed by atoms with E-state index in [-0.39, 0.29) is 17.5 Å². The number of ether oxygens (including phenoxy) is 1. The fourth-order valence-electron chi connectivity index (χ4n) is 1.66. The molecule has 0 aromatic heterocycles. The smallest absolute Gasteiger partial charge is 0.310 e. The van der Waals surface area contributed by atoms with Crippen LogP contribution in [0.2, 0.25) is 0 Å². The molecule has 14 heavy (non-hydrogen) atoms. The fourth-order valence-corrected chi connectivity index (χ4v) is 1.66. The van der Waals surface area contributed by atoms with Gasteiger partial charge in [-0.3, -0.25) is 4.79 Å². The van der Waals surface area contributed by atoms with Crippen molar-refractivity contribution in [1.82, 2.24) is 0 Å². The van der Waals surface area contributed by atoms with Gasteiger partial charge in [0, 0.05) is 0 Å². The predicted octanol–water partition coefficient (Wildman–Crippen LogP) is 2.93. The van der Waals surface area contributed by atoms with Crippen LogP contribution in [0.4, 0.5) is 0 Å². The van der Waals surface area contributed by atoms with Gasteiger partial charge >= 0.3 is 5.97 Å². The minimum atomic E-state index is -0.363. The van der Waals surface area contributed by atoms with E-state index in [1.165, 1.54) is 0 Å². The minimum absolute atomic E-state index is 0.0469. The van der Waals surface area contributed by atoms with Crippen LogP contribution < -0.4 is 0 Å². The Labute approximate surface area is 86.3 Å². The second kappa shape index (κ2) is 4.16. The molecule has 0 aromatic carbocycles. The number of hydrogen-bond donors (Lipinski definition) is 0. The number of carbonyl (C=O) groups excluding carboxylic acids is 1. The van der Waals surface area contributed by atoms with Crippen molar-refractivity contribution in [2.24, 2.45) is 11.8 Å². The quantitative estimate of drug-likeness (QED) is 0.476. The molecule has 0 saturated heterocycles. The maximum absolute atomic E-state index is 11.8. The molecule has 2 unspecified atom stereocenters. The number of rotatable bonds is 1. The molecule has 0 fully saturated rings. The zero-order valence-electron chi connectivity index (χ0n) is 9.54. The van der Waals surface area contributed by atoms with Crippen molar-refractivity contribution in [2.75, 3.05) is 0 Å². The normalized spacial score (nSPS) is 27.4. The SMILES string of the molecule is CC1CC=CCC1C(=O)OC(C)(C)C. The third kappa shape index (κ3) is 3.17. The molecular formula is C12H20O2. The molecule has 1 aliphatic rings. The largest absolute Gasteiger partial charge is 0.460 e. The average Bonchev–Trinajstić information content (AvgIpc) is 2.01. The van der Waals surface area contributed by atoms with Gasteiger partial charge in [0.05, 0.1) is 5.92 Å². The van der Waals surface area contributed by atoms with Crippen molar-refractivity contribution < 1.29 is 9.53 Å². The molecular weight excluding hydrogens is 176 g/mol. The number of carbonyl (C=O) groups is 1. The summed E-state index contributed by atoms with van der Waals surface area (Å²) >= 11 is 0. The molecule has 2 atom stereocenters. The predicted molar refractivity (Wildman–Crippen MR) is 56.9 cm³/mol. The fraction of sp³-hybridized carbons (Fsp3) is 0.750. The molecule has 0 spiro atoms. The lowest BCUT2D eigenvalue weighted by Crippen LogP contribution is -2.32. The van der Waals surface area contributed by atoms with Gasteiger partial charge in [0.25, 0.3) is 0 Å². The second-order valence-corrected chi connectivity index (χ2v) is 5.06. The average molecular weight is 196 g/mol. The van der Waals surface area contributed by atoms with Crippen molar-refractivity contribution in [1.29, 1.82) is 0 Å². The van der Waals surface area contributed by atoms with E-state index >= 15 is 0 Å². The van der Waals surface area contributed by atoms with Crippen molar-refractivity contribution in [3.8, 4) is 0 Å². The number of esters is 1. The molecule has 2 nitrogen and oxygen atoms in total. The first-order chi connectivity index (χ1) is 6.40. The molecule has 0 radical (unpaired) electrons. The summed E-state index contributed by atoms with van der Waals surface area (Å²) in [5.41, 5.74) is -0.363. The molecule has 0 amide bonds. The van der Waals surface area contributed by atoms with Gasteiger partial charge in [0.2, 0.25) is 0 Å².